The van der Waals surface area contributed by atoms with E-state index in [-0.39, 0.29) is 5.56 Å². The highest BCUT2D eigenvalue weighted by atomic mass is 32.1. The number of aromatic nitrogens is 3. The van der Waals surface area contributed by atoms with Gasteiger partial charge in [-0.15, -0.1) is 11.3 Å². The maximum absolute atomic E-state index is 13.9. The molecule has 0 fully saturated rings. The fraction of sp³-hybridized carbons (Fsp3) is 0.227. The lowest BCUT2D eigenvalue weighted by Gasteiger charge is -2.10. The van der Waals surface area contributed by atoms with Crippen LogP contribution in [0.5, 0.6) is 5.75 Å². The van der Waals surface area contributed by atoms with Crippen molar-refractivity contribution >= 4 is 28.1 Å². The first-order chi connectivity index (χ1) is 15.0. The number of nitriles is 1. The summed E-state index contributed by atoms with van der Waals surface area (Å²) in [5.41, 5.74) is 1.79. The van der Waals surface area contributed by atoms with E-state index < -0.39 is 11.6 Å². The number of anilines is 1. The lowest BCUT2D eigenvalue weighted by molar-refractivity contribution is 0.342. The lowest BCUT2D eigenvalue weighted by Crippen LogP contribution is -2.12. The van der Waals surface area contributed by atoms with Crippen molar-refractivity contribution in [2.45, 2.75) is 20.4 Å². The molecule has 0 bridgehead atoms. The van der Waals surface area contributed by atoms with Gasteiger partial charge in [-0.05, 0) is 25.5 Å². The van der Waals surface area contributed by atoms with Crippen LogP contribution in [-0.4, -0.2) is 27.7 Å². The smallest absolute Gasteiger partial charge is 0.162 e. The number of fused-ring (bicyclic) bond motifs is 1. The first kappa shape index (κ1) is 20.8. The summed E-state index contributed by atoms with van der Waals surface area (Å²) in [6.07, 6.45) is 1.48. The van der Waals surface area contributed by atoms with Gasteiger partial charge in [-0.3, -0.25) is 0 Å². The average molecular weight is 439 g/mol. The molecule has 0 aliphatic carbocycles. The Labute approximate surface area is 181 Å². The van der Waals surface area contributed by atoms with E-state index in [0.717, 1.165) is 22.4 Å². The van der Waals surface area contributed by atoms with Crippen LogP contribution < -0.4 is 10.1 Å². The van der Waals surface area contributed by atoms with Crippen LogP contribution in [0, 0.1) is 29.9 Å². The van der Waals surface area contributed by atoms with E-state index in [9.17, 15) is 14.0 Å². The zero-order valence-electron chi connectivity index (χ0n) is 16.9. The van der Waals surface area contributed by atoms with Crippen LogP contribution in [-0.2, 0) is 6.54 Å². The number of nitrogens with zero attached hydrogens (tertiary/aromatic N) is 4. The Morgan fingerprint density at radius 3 is 2.84 bits per heavy atom. The van der Waals surface area contributed by atoms with Crippen LogP contribution in [0.15, 0.2) is 36.0 Å². The molecule has 1 aromatic carbocycles. The predicted octanol–water partition coefficient (Wildman–Crippen LogP) is 5.13. The van der Waals surface area contributed by atoms with Crippen LogP contribution in [0.3, 0.4) is 0 Å². The van der Waals surface area contributed by atoms with Gasteiger partial charge in [0.1, 0.15) is 29.7 Å². The van der Waals surface area contributed by atoms with Crippen LogP contribution in [0.1, 0.15) is 18.2 Å². The van der Waals surface area contributed by atoms with Gasteiger partial charge in [-0.1, -0.05) is 0 Å². The molecule has 31 heavy (non-hydrogen) atoms. The number of hydrogen-bond donors (Lipinski definition) is 1. The van der Waals surface area contributed by atoms with Gasteiger partial charge in [0.25, 0.3) is 0 Å². The Morgan fingerprint density at radius 1 is 1.23 bits per heavy atom. The van der Waals surface area contributed by atoms with E-state index >= 15 is 0 Å². The van der Waals surface area contributed by atoms with Crippen molar-refractivity contribution in [2.75, 3.05) is 18.5 Å². The molecule has 3 heterocycles. The van der Waals surface area contributed by atoms with E-state index in [2.05, 4.69) is 21.4 Å². The molecule has 0 unspecified atom stereocenters. The van der Waals surface area contributed by atoms with Crippen molar-refractivity contribution in [3.63, 3.8) is 0 Å². The molecule has 1 N–H and O–H groups in total. The number of nitrogens with one attached hydrogen (secondary N) is 1. The van der Waals surface area contributed by atoms with Crippen LogP contribution in [0.2, 0.25) is 0 Å². The molecule has 0 spiro atoms. The molecule has 158 valence electrons. The molecule has 0 saturated carbocycles. The number of rotatable bonds is 7. The van der Waals surface area contributed by atoms with Crippen molar-refractivity contribution < 1.29 is 13.5 Å². The summed E-state index contributed by atoms with van der Waals surface area (Å²) in [7, 11) is 0. The third-order valence-corrected chi connectivity index (χ3v) is 5.84. The van der Waals surface area contributed by atoms with E-state index in [1.54, 1.807) is 10.6 Å². The predicted molar refractivity (Wildman–Crippen MR) is 116 cm³/mol. The fourth-order valence-corrected chi connectivity index (χ4v) is 4.21. The summed E-state index contributed by atoms with van der Waals surface area (Å²) in [4.78, 5) is 9.52. The molecule has 4 aromatic rings. The molecule has 0 amide bonds. The molecular formula is C22H19F2N5OS. The van der Waals surface area contributed by atoms with Gasteiger partial charge in [-0.2, -0.15) is 5.26 Å². The standard InChI is InChI=1S/C22H19F2N5OS/c1-3-30-15-7-20(31-11-15)18-9-21(28-12-27-18)26-4-5-29-14(10-25)6-16-13(2)22(24)17(23)8-19(16)29/h6-9,11-12H,3-5H2,1-2H3,(H,26,27,28). The highest BCUT2D eigenvalue weighted by Gasteiger charge is 2.16. The zero-order valence-corrected chi connectivity index (χ0v) is 17.8. The highest BCUT2D eigenvalue weighted by molar-refractivity contribution is 7.13. The van der Waals surface area contributed by atoms with Gasteiger partial charge in [0.05, 0.1) is 22.7 Å². The lowest BCUT2D eigenvalue weighted by atomic mass is 10.1. The Hall–Kier alpha value is -3.51. The molecule has 0 radical (unpaired) electrons. The topological polar surface area (TPSA) is 75.8 Å². The van der Waals surface area contributed by atoms with E-state index in [4.69, 9.17) is 4.74 Å². The summed E-state index contributed by atoms with van der Waals surface area (Å²) in [5, 5.41) is 15.1. The molecular weight excluding hydrogens is 420 g/mol. The van der Waals surface area contributed by atoms with Crippen molar-refractivity contribution in [2.24, 2.45) is 0 Å². The zero-order chi connectivity index (χ0) is 22.0. The summed E-state index contributed by atoms with van der Waals surface area (Å²) < 4.78 is 35.0. The summed E-state index contributed by atoms with van der Waals surface area (Å²) >= 11 is 1.53. The molecule has 9 heteroatoms. The SMILES string of the molecule is CCOc1csc(-c2cc(NCCn3c(C#N)cc4c(C)c(F)c(F)cc43)ncn2)c1. The van der Waals surface area contributed by atoms with Crippen molar-refractivity contribution in [1.82, 2.24) is 14.5 Å². The number of thiophene rings is 1. The van der Waals surface area contributed by atoms with Crippen LogP contribution in [0.25, 0.3) is 21.5 Å². The van der Waals surface area contributed by atoms with Gasteiger partial charge in [0.15, 0.2) is 11.6 Å². The quantitative estimate of drug-likeness (QED) is 0.432. The molecule has 0 atom stereocenters. The monoisotopic (exact) mass is 439 g/mol. The first-order valence-electron chi connectivity index (χ1n) is 9.67. The highest BCUT2D eigenvalue weighted by Crippen LogP contribution is 2.31. The molecule has 6 nitrogen and oxygen atoms in total. The van der Waals surface area contributed by atoms with Gasteiger partial charge in [0, 0.05) is 42.1 Å². The maximum Gasteiger partial charge on any atom is 0.162 e. The van der Waals surface area contributed by atoms with Gasteiger partial charge < -0.3 is 14.6 Å². The normalized spacial score (nSPS) is 10.9. The second-order valence-corrected chi connectivity index (χ2v) is 7.73. The third kappa shape index (κ3) is 4.07. The largest absolute Gasteiger partial charge is 0.493 e. The van der Waals surface area contributed by atoms with Crippen molar-refractivity contribution in [1.29, 1.82) is 5.26 Å². The molecule has 4 rings (SSSR count). The van der Waals surface area contributed by atoms with Crippen molar-refractivity contribution in [3.8, 4) is 22.4 Å². The van der Waals surface area contributed by atoms with E-state index in [0.29, 0.717) is 42.1 Å². The molecule has 0 saturated heterocycles. The first-order valence-corrected chi connectivity index (χ1v) is 10.5. The summed E-state index contributed by atoms with van der Waals surface area (Å²) in [6.45, 7) is 4.85. The molecule has 0 aliphatic rings. The second kappa shape index (κ2) is 8.70. The van der Waals surface area contributed by atoms with Crippen molar-refractivity contribution in [3.05, 3.63) is 58.9 Å². The number of benzene rings is 1. The second-order valence-electron chi connectivity index (χ2n) is 6.82. The van der Waals surface area contributed by atoms with Gasteiger partial charge >= 0.3 is 0 Å². The van der Waals surface area contributed by atoms with E-state index in [1.807, 2.05) is 24.4 Å². The number of halogens is 2. The van der Waals surface area contributed by atoms with Crippen LogP contribution >= 0.6 is 11.3 Å². The Morgan fingerprint density at radius 2 is 2.06 bits per heavy atom. The minimum atomic E-state index is -0.926. The maximum atomic E-state index is 13.9. The Kier molecular flexibility index (Phi) is 5.82. The summed E-state index contributed by atoms with van der Waals surface area (Å²) in [6, 6.07) is 8.58. The number of hydrogen-bond acceptors (Lipinski definition) is 6. The molecule has 0 aliphatic heterocycles. The number of aryl methyl sites for hydroxylation is 1. The third-order valence-electron chi connectivity index (χ3n) is 4.91. The van der Waals surface area contributed by atoms with Crippen LogP contribution in [0.4, 0.5) is 14.6 Å². The Bertz CT molecular complexity index is 1290. The summed E-state index contributed by atoms with van der Waals surface area (Å²) in [5.74, 6) is -0.385. The number of ether oxygens (including phenoxy) is 1. The minimum Gasteiger partial charge on any atom is -0.493 e. The molecule has 3 aromatic heterocycles. The van der Waals surface area contributed by atoms with Gasteiger partial charge in [0.2, 0.25) is 0 Å². The van der Waals surface area contributed by atoms with E-state index in [1.165, 1.54) is 24.6 Å². The Balaban J connectivity index is 1.52. The minimum absolute atomic E-state index is 0.195. The fourth-order valence-electron chi connectivity index (χ4n) is 3.41. The van der Waals surface area contributed by atoms with Gasteiger partial charge in [-0.25, -0.2) is 18.7 Å². The average Bonchev–Trinajstić information content (AvgIpc) is 3.38.